The summed E-state index contributed by atoms with van der Waals surface area (Å²) in [7, 11) is 1.57. The minimum atomic E-state index is -0.259. The van der Waals surface area contributed by atoms with E-state index in [2.05, 4.69) is 24.5 Å². The maximum atomic E-state index is 12.1. The number of quaternary nitrogens is 2. The summed E-state index contributed by atoms with van der Waals surface area (Å²) in [4.78, 5) is 13.7. The fraction of sp³-hybridized carbons (Fsp3) is 0.409. The predicted molar refractivity (Wildman–Crippen MR) is 116 cm³/mol. The van der Waals surface area contributed by atoms with Crippen LogP contribution in [-0.4, -0.2) is 45.8 Å². The van der Waals surface area contributed by atoms with Crippen LogP contribution in [0.25, 0.3) is 0 Å². The number of ether oxygens (including phenoxy) is 2. The summed E-state index contributed by atoms with van der Waals surface area (Å²) in [6, 6.07) is 13.0. The molecule has 6 nitrogen and oxygen atoms in total. The molecular weight excluding hydrogens is 390 g/mol. The van der Waals surface area contributed by atoms with Crippen molar-refractivity contribution in [2.75, 3.05) is 45.2 Å². The van der Waals surface area contributed by atoms with Crippen LogP contribution in [0.15, 0.2) is 42.5 Å². The molecule has 2 rings (SSSR count). The van der Waals surface area contributed by atoms with E-state index in [0.29, 0.717) is 16.5 Å². The molecule has 2 aromatic rings. The van der Waals surface area contributed by atoms with E-state index in [1.165, 1.54) is 0 Å². The first-order valence-corrected chi connectivity index (χ1v) is 10.4. The average molecular weight is 422 g/mol. The summed E-state index contributed by atoms with van der Waals surface area (Å²) >= 11 is 6.41. The highest BCUT2D eigenvalue weighted by Gasteiger charge is 2.15. The summed E-state index contributed by atoms with van der Waals surface area (Å²) in [5.41, 5.74) is 1.78. The number of anilines is 1. The highest BCUT2D eigenvalue weighted by Crippen LogP contribution is 2.36. The zero-order valence-corrected chi connectivity index (χ0v) is 18.2. The van der Waals surface area contributed by atoms with Gasteiger partial charge in [0.2, 0.25) is 0 Å². The average Bonchev–Trinajstić information content (AvgIpc) is 2.73. The molecule has 0 aliphatic heterocycles. The minimum Gasteiger partial charge on any atom is -0.493 e. The van der Waals surface area contributed by atoms with Crippen molar-refractivity contribution in [1.29, 1.82) is 0 Å². The first-order valence-electron chi connectivity index (χ1n) is 10.1. The van der Waals surface area contributed by atoms with Crippen LogP contribution in [0.1, 0.15) is 19.4 Å². The summed E-state index contributed by atoms with van der Waals surface area (Å²) in [5.74, 6) is 0.655. The van der Waals surface area contributed by atoms with Crippen molar-refractivity contribution < 1.29 is 24.5 Å². The highest BCUT2D eigenvalue weighted by atomic mass is 35.5. The predicted octanol–water partition coefficient (Wildman–Crippen LogP) is 1.35. The van der Waals surface area contributed by atoms with Gasteiger partial charge in [0, 0.05) is 11.3 Å². The van der Waals surface area contributed by atoms with Crippen LogP contribution in [0.3, 0.4) is 0 Å². The van der Waals surface area contributed by atoms with Crippen LogP contribution in [0.2, 0.25) is 5.02 Å². The molecule has 0 bridgehead atoms. The first-order chi connectivity index (χ1) is 14.1. The number of nitrogens with one attached hydrogen (secondary N) is 2. The van der Waals surface area contributed by atoms with E-state index in [0.717, 1.165) is 44.0 Å². The summed E-state index contributed by atoms with van der Waals surface area (Å²) in [5, 5.41) is 5.49. The van der Waals surface area contributed by atoms with Gasteiger partial charge in [-0.25, -0.2) is 0 Å². The monoisotopic (exact) mass is 421 g/mol. The molecule has 4 N–H and O–H groups in total. The third-order valence-corrected chi connectivity index (χ3v) is 5.06. The molecule has 0 fully saturated rings. The quantitative estimate of drug-likeness (QED) is 0.453. The molecule has 0 heterocycles. The van der Waals surface area contributed by atoms with E-state index in [-0.39, 0.29) is 12.5 Å². The Labute approximate surface area is 178 Å². The van der Waals surface area contributed by atoms with Crippen molar-refractivity contribution in [2.45, 2.75) is 20.4 Å². The van der Waals surface area contributed by atoms with Gasteiger partial charge in [-0.05, 0) is 38.1 Å². The summed E-state index contributed by atoms with van der Waals surface area (Å²) in [6.45, 7) is 9.56. The van der Waals surface area contributed by atoms with Crippen LogP contribution in [0.4, 0.5) is 5.69 Å². The Balaban J connectivity index is 1.91. The van der Waals surface area contributed by atoms with Crippen molar-refractivity contribution in [1.82, 2.24) is 0 Å². The highest BCUT2D eigenvalue weighted by molar-refractivity contribution is 6.32. The van der Waals surface area contributed by atoms with Crippen LogP contribution < -0.4 is 25.0 Å². The van der Waals surface area contributed by atoms with Crippen LogP contribution in [0, 0.1) is 0 Å². The number of hydrogen-bond acceptors (Lipinski definition) is 3. The molecule has 1 amide bonds. The number of benzene rings is 2. The molecule has 0 radical (unpaired) electrons. The fourth-order valence-electron chi connectivity index (χ4n) is 3.07. The molecule has 0 aliphatic carbocycles. The van der Waals surface area contributed by atoms with Gasteiger partial charge in [0.05, 0.1) is 25.2 Å². The number of para-hydroxylation sites is 1. The maximum absolute atomic E-state index is 12.1. The topological polar surface area (TPSA) is 68.6 Å². The molecule has 0 atom stereocenters. The Morgan fingerprint density at radius 1 is 1.17 bits per heavy atom. The van der Waals surface area contributed by atoms with Crippen LogP contribution in [-0.2, 0) is 11.3 Å². The number of likely N-dealkylation sites (N-methyl/N-ethyl adjacent to an activating group) is 1. The Hall–Kier alpha value is -2.28. The van der Waals surface area contributed by atoms with E-state index in [1.807, 2.05) is 42.5 Å². The second-order valence-corrected chi connectivity index (χ2v) is 7.21. The lowest BCUT2D eigenvalue weighted by Gasteiger charge is -2.15. The van der Waals surface area contributed by atoms with E-state index in [1.54, 1.807) is 12.0 Å². The number of rotatable bonds is 12. The smallest absolute Gasteiger partial charge is 0.262 e. The van der Waals surface area contributed by atoms with E-state index < -0.39 is 0 Å². The fourth-order valence-corrected chi connectivity index (χ4v) is 3.35. The molecule has 0 saturated carbocycles. The SMILES string of the molecule is CC[NH+](CC)CC[NH2+]Cc1cc(Cl)c(OCC(=O)Nc2ccccc2)c(OC)c1. The van der Waals surface area contributed by atoms with Crippen molar-refractivity contribution >= 4 is 23.2 Å². The molecule has 0 saturated heterocycles. The molecular formula is C22H32ClN3O3+2. The van der Waals surface area contributed by atoms with Gasteiger partial charge in [-0.1, -0.05) is 29.8 Å². The van der Waals surface area contributed by atoms with Crippen LogP contribution in [0.5, 0.6) is 11.5 Å². The number of methoxy groups -OCH3 is 1. The number of carbonyl (C=O) groups excluding carboxylic acids is 1. The lowest BCUT2D eigenvalue weighted by molar-refractivity contribution is -0.910. The number of halogens is 1. The third-order valence-electron chi connectivity index (χ3n) is 4.78. The van der Waals surface area contributed by atoms with Gasteiger partial charge in [-0.15, -0.1) is 0 Å². The maximum Gasteiger partial charge on any atom is 0.262 e. The Morgan fingerprint density at radius 2 is 1.90 bits per heavy atom. The Kier molecular flexibility index (Phi) is 9.77. The summed E-state index contributed by atoms with van der Waals surface area (Å²) < 4.78 is 11.1. The van der Waals surface area contributed by atoms with Gasteiger partial charge in [0.1, 0.15) is 19.6 Å². The van der Waals surface area contributed by atoms with E-state index >= 15 is 0 Å². The number of amides is 1. The Bertz CT molecular complexity index is 767. The zero-order valence-electron chi connectivity index (χ0n) is 17.5. The van der Waals surface area contributed by atoms with Crippen molar-refractivity contribution in [3.8, 4) is 11.5 Å². The van der Waals surface area contributed by atoms with Crippen LogP contribution >= 0.6 is 11.6 Å². The largest absolute Gasteiger partial charge is 0.493 e. The zero-order chi connectivity index (χ0) is 21.1. The second-order valence-electron chi connectivity index (χ2n) is 6.80. The van der Waals surface area contributed by atoms with Crippen molar-refractivity contribution in [2.24, 2.45) is 0 Å². The van der Waals surface area contributed by atoms with E-state index in [4.69, 9.17) is 21.1 Å². The molecule has 0 aliphatic rings. The number of carbonyl (C=O) groups is 1. The molecule has 0 spiro atoms. The summed E-state index contributed by atoms with van der Waals surface area (Å²) in [6.07, 6.45) is 0. The van der Waals surface area contributed by atoms with Gasteiger partial charge < -0.3 is 25.0 Å². The standard InChI is InChI=1S/C22H30ClN3O3/c1-4-26(5-2)12-11-24-15-17-13-19(23)22(20(14-17)28-3)29-16-21(27)25-18-9-7-6-8-10-18/h6-10,13-14,24H,4-5,11-12,15-16H2,1-3H3,(H,25,27)/p+2. The van der Waals surface area contributed by atoms with Crippen molar-refractivity contribution in [3.63, 3.8) is 0 Å². The Morgan fingerprint density at radius 3 is 2.55 bits per heavy atom. The second kappa shape index (κ2) is 12.3. The van der Waals surface area contributed by atoms with Gasteiger partial charge in [0.25, 0.3) is 5.91 Å². The normalized spacial score (nSPS) is 10.8. The molecule has 7 heteroatoms. The van der Waals surface area contributed by atoms with Gasteiger partial charge >= 0.3 is 0 Å². The lowest BCUT2D eigenvalue weighted by atomic mass is 10.2. The molecule has 0 unspecified atom stereocenters. The molecule has 2 aromatic carbocycles. The minimum absolute atomic E-state index is 0.150. The third kappa shape index (κ3) is 7.57. The number of nitrogens with two attached hydrogens (primary N) is 1. The van der Waals surface area contributed by atoms with Crippen molar-refractivity contribution in [3.05, 3.63) is 53.1 Å². The first kappa shape index (κ1) is 23.0. The molecule has 0 aromatic heterocycles. The lowest BCUT2D eigenvalue weighted by Crippen LogP contribution is -3.14. The van der Waals surface area contributed by atoms with Gasteiger partial charge in [-0.3, -0.25) is 4.79 Å². The molecule has 158 valence electrons. The number of hydrogen-bond donors (Lipinski definition) is 3. The van der Waals surface area contributed by atoms with E-state index in [9.17, 15) is 4.79 Å². The molecule has 29 heavy (non-hydrogen) atoms. The van der Waals surface area contributed by atoms with Gasteiger partial charge in [-0.2, -0.15) is 0 Å². The van der Waals surface area contributed by atoms with Gasteiger partial charge in [0.15, 0.2) is 18.1 Å².